The van der Waals surface area contributed by atoms with E-state index in [0.29, 0.717) is 12.5 Å². The predicted molar refractivity (Wildman–Crippen MR) is 238 cm³/mol. The van der Waals surface area contributed by atoms with Gasteiger partial charge in [0.25, 0.3) is 0 Å². The van der Waals surface area contributed by atoms with Gasteiger partial charge in [-0.05, 0) is 64.5 Å². The van der Waals surface area contributed by atoms with Gasteiger partial charge in [0.05, 0.1) is 6.10 Å². The van der Waals surface area contributed by atoms with E-state index in [-0.39, 0.29) is 38.8 Å². The smallest absolute Gasteiger partial charge is 0.123 e. The molecule has 0 bridgehead atoms. The van der Waals surface area contributed by atoms with Crippen molar-refractivity contribution in [2.24, 2.45) is 5.92 Å². The van der Waals surface area contributed by atoms with Crippen LogP contribution >= 0.6 is 0 Å². The molecule has 0 heterocycles. The van der Waals surface area contributed by atoms with Crippen LogP contribution in [0.4, 0.5) is 0 Å². The predicted octanol–water partition coefficient (Wildman–Crippen LogP) is 14.5. The van der Waals surface area contributed by atoms with Crippen molar-refractivity contribution >= 4 is 6.29 Å². The molecule has 0 aliphatic carbocycles. The van der Waals surface area contributed by atoms with Gasteiger partial charge in [-0.25, -0.2) is 0 Å². The second kappa shape index (κ2) is 62.8. The Bertz CT molecular complexity index is 587. The summed E-state index contributed by atoms with van der Waals surface area (Å²) in [7, 11) is 1.71. The molecule has 327 valence electrons. The second-order valence-electron chi connectivity index (χ2n) is 15.5. The molecule has 2 atom stereocenters. The third-order valence-electron chi connectivity index (χ3n) is 9.92. The molecule has 0 aromatic carbocycles. The average Bonchev–Trinajstić information content (AvgIpc) is 3.17. The van der Waals surface area contributed by atoms with Crippen LogP contribution in [0.1, 0.15) is 247 Å². The summed E-state index contributed by atoms with van der Waals surface area (Å²) in [4.78, 5) is 13.4. The minimum atomic E-state index is -0.0250. The topological polar surface area (TPSA) is 70.0 Å². The molecule has 1 radical (unpaired) electrons. The summed E-state index contributed by atoms with van der Waals surface area (Å²) in [5.41, 5.74) is 0. The number of hydrogen-bond acceptors (Lipinski definition) is 5. The number of ether oxygens (including phenoxy) is 1. The summed E-state index contributed by atoms with van der Waals surface area (Å²) in [5, 5.41) is 18.6. The minimum Gasteiger partial charge on any atom is -0.396 e. The van der Waals surface area contributed by atoms with E-state index in [1.54, 1.807) is 7.11 Å². The Labute approximate surface area is 367 Å². The standard InChI is InChI=1S/C16H32O.C15H32O.C13H28NO.C4H10O.Y/c1-3-5-7-9-10-12-14-16(15-17)13-11-8-6-4-2;1-3-5-7-9-10-12-14-15(16)13-11-8-6-4-2;1-3-5-7-8-11-14(10-6-4-2)12-9-13-15;1-3-4-5-2;/h15-16H,3-14H2,1-2H3;15-16H,3-14H2,1-2H3;15H,1,3-13H2,2H3;3-4H2,1-2H3;/q;;-1;;. The summed E-state index contributed by atoms with van der Waals surface area (Å²) < 4.78 is 4.69. The number of aliphatic hydroxyl groups excluding tert-OH is 2. The number of unbranched alkanes of at least 4 members (excludes halogenated alkanes) is 20. The summed E-state index contributed by atoms with van der Waals surface area (Å²) in [6, 6.07) is 0. The van der Waals surface area contributed by atoms with Crippen LogP contribution in [0.2, 0.25) is 0 Å². The zero-order chi connectivity index (χ0) is 40.3. The largest absolute Gasteiger partial charge is 0.396 e. The van der Waals surface area contributed by atoms with Crippen molar-refractivity contribution in [3.8, 4) is 0 Å². The number of carbonyl (C=O) groups excluding carboxylic acids is 1. The third-order valence-corrected chi connectivity index (χ3v) is 9.92. The maximum Gasteiger partial charge on any atom is 0.123 e. The molecule has 2 unspecified atom stereocenters. The molecule has 0 saturated heterocycles. The first-order chi connectivity index (χ1) is 25.9. The summed E-state index contributed by atoms with van der Waals surface area (Å²) in [5.74, 6) is 0.345. The number of rotatable bonds is 38. The number of methoxy groups -OCH3 is 1. The fraction of sp³-hybridized carbons (Fsp3) is 0.958. The van der Waals surface area contributed by atoms with E-state index in [9.17, 15) is 9.90 Å². The molecular weight excluding hydrogens is 743 g/mol. The number of nitrogens with zero attached hydrogens (tertiary/aromatic N) is 1. The van der Waals surface area contributed by atoms with Crippen molar-refractivity contribution in [3.05, 3.63) is 6.92 Å². The quantitative estimate of drug-likeness (QED) is 0.0368. The van der Waals surface area contributed by atoms with E-state index in [4.69, 9.17) is 9.84 Å². The van der Waals surface area contributed by atoms with Crippen LogP contribution in [0.5, 0.6) is 0 Å². The van der Waals surface area contributed by atoms with Crippen molar-refractivity contribution in [1.82, 2.24) is 4.90 Å². The van der Waals surface area contributed by atoms with Gasteiger partial charge in [-0.1, -0.05) is 189 Å². The third kappa shape index (κ3) is 64.5. The Hall–Kier alpha value is 0.614. The first kappa shape index (κ1) is 63.8. The molecule has 6 heteroatoms. The van der Waals surface area contributed by atoms with Gasteiger partial charge in [-0.2, -0.15) is 6.42 Å². The van der Waals surface area contributed by atoms with Crippen LogP contribution < -0.4 is 0 Å². The molecule has 2 N–H and O–H groups in total. The van der Waals surface area contributed by atoms with Crippen molar-refractivity contribution in [2.45, 2.75) is 253 Å². The Kier molecular flexibility index (Phi) is 74.2. The Morgan fingerprint density at radius 1 is 0.519 bits per heavy atom. The fourth-order valence-electron chi connectivity index (χ4n) is 6.32. The molecule has 5 nitrogen and oxygen atoms in total. The monoisotopic (exact) mass is 846 g/mol. The van der Waals surface area contributed by atoms with Gasteiger partial charge in [0, 0.05) is 65.5 Å². The second-order valence-corrected chi connectivity index (χ2v) is 15.5. The maximum atomic E-state index is 10.9. The maximum absolute atomic E-state index is 10.9. The van der Waals surface area contributed by atoms with Gasteiger partial charge in [-0.3, -0.25) is 0 Å². The van der Waals surface area contributed by atoms with E-state index in [1.807, 2.05) is 0 Å². The molecule has 54 heavy (non-hydrogen) atoms. The van der Waals surface area contributed by atoms with Gasteiger partial charge < -0.3 is 31.6 Å². The van der Waals surface area contributed by atoms with Crippen molar-refractivity contribution in [2.75, 3.05) is 40.0 Å². The molecule has 0 aliphatic rings. The molecule has 0 aliphatic heterocycles. The Balaban J connectivity index is -0.000000207. The van der Waals surface area contributed by atoms with Gasteiger partial charge in [0.2, 0.25) is 0 Å². The van der Waals surface area contributed by atoms with Crippen LogP contribution in [-0.2, 0) is 42.2 Å². The van der Waals surface area contributed by atoms with Gasteiger partial charge in [0.15, 0.2) is 0 Å². The number of carbonyl (C=O) groups is 1. The van der Waals surface area contributed by atoms with Crippen LogP contribution in [0, 0.1) is 12.8 Å². The minimum absolute atomic E-state index is 0. The molecule has 0 aromatic heterocycles. The van der Waals surface area contributed by atoms with E-state index in [0.717, 1.165) is 58.1 Å². The normalized spacial score (nSPS) is 11.7. The van der Waals surface area contributed by atoms with Crippen LogP contribution in [0.3, 0.4) is 0 Å². The first-order valence-corrected chi connectivity index (χ1v) is 23.7. The summed E-state index contributed by atoms with van der Waals surface area (Å²) in [6.45, 7) is 21.8. The molecule has 0 aromatic rings. The molecular formula is C48H102NO4Y-. The van der Waals surface area contributed by atoms with Crippen LogP contribution in [0.15, 0.2) is 0 Å². The summed E-state index contributed by atoms with van der Waals surface area (Å²) in [6.07, 6.45) is 41.1. The first-order valence-electron chi connectivity index (χ1n) is 23.7. The average molecular weight is 846 g/mol. The van der Waals surface area contributed by atoms with Gasteiger partial charge in [0.1, 0.15) is 6.29 Å². The van der Waals surface area contributed by atoms with E-state index in [2.05, 4.69) is 53.4 Å². The van der Waals surface area contributed by atoms with E-state index < -0.39 is 0 Å². The van der Waals surface area contributed by atoms with Gasteiger partial charge >= 0.3 is 0 Å². The number of hydrogen-bond donors (Lipinski definition) is 2. The van der Waals surface area contributed by atoms with Crippen molar-refractivity contribution in [3.63, 3.8) is 0 Å². The number of aliphatic hydroxyl groups is 2. The van der Waals surface area contributed by atoms with E-state index >= 15 is 0 Å². The molecule has 0 saturated carbocycles. The Morgan fingerprint density at radius 3 is 1.26 bits per heavy atom. The fourth-order valence-corrected chi connectivity index (χ4v) is 6.32. The number of aldehydes is 1. The SMILES string of the molecule is CCCCCCCCC(C=O)CCCCCC.CCCCCCCCC(O)CCCCCC.CCCOC.[CH2-]CCCCCN(CCCC)CCCO.[Y]. The summed E-state index contributed by atoms with van der Waals surface area (Å²) >= 11 is 0. The van der Waals surface area contributed by atoms with Crippen LogP contribution in [0.25, 0.3) is 0 Å². The zero-order valence-electron chi connectivity index (χ0n) is 38.3. The molecule has 0 rings (SSSR count). The Morgan fingerprint density at radius 2 is 0.889 bits per heavy atom. The van der Waals surface area contributed by atoms with Crippen LogP contribution in [-0.4, -0.2) is 67.5 Å². The molecule has 0 amide bonds. The molecule has 0 fully saturated rings. The van der Waals surface area contributed by atoms with Crippen molar-refractivity contribution < 1.29 is 52.5 Å². The van der Waals surface area contributed by atoms with Gasteiger partial charge in [-0.15, -0.1) is 0 Å². The van der Waals surface area contributed by atoms with Crippen molar-refractivity contribution in [1.29, 1.82) is 0 Å². The van der Waals surface area contributed by atoms with E-state index in [1.165, 1.54) is 180 Å². The molecule has 0 spiro atoms. The zero-order valence-corrected chi connectivity index (χ0v) is 41.2.